The van der Waals surface area contributed by atoms with Gasteiger partial charge in [-0.3, -0.25) is 4.79 Å². The van der Waals surface area contributed by atoms with Crippen LogP contribution >= 0.6 is 0 Å². The Morgan fingerprint density at radius 3 is 2.95 bits per heavy atom. The molecule has 116 valence electrons. The summed E-state index contributed by atoms with van der Waals surface area (Å²) in [6.07, 6.45) is 6.89. The molecule has 0 bridgehead atoms. The topological polar surface area (TPSA) is 78.4 Å². The van der Waals surface area contributed by atoms with Gasteiger partial charge in [-0.25, -0.2) is 9.97 Å². The Hall–Kier alpha value is -1.69. The molecule has 2 rings (SSSR count). The summed E-state index contributed by atoms with van der Waals surface area (Å²) in [5.74, 6) is 0.996. The lowest BCUT2D eigenvalue weighted by atomic mass is 10.0. The highest BCUT2D eigenvalue weighted by Gasteiger charge is 2.32. The number of rotatable bonds is 7. The third-order valence-corrected chi connectivity index (χ3v) is 4.04. The highest BCUT2D eigenvalue weighted by Crippen LogP contribution is 2.22. The van der Waals surface area contributed by atoms with Crippen molar-refractivity contribution in [2.45, 2.75) is 38.6 Å². The molecule has 1 aliphatic heterocycles. The van der Waals surface area contributed by atoms with Crippen LogP contribution in [0, 0.1) is 5.92 Å². The van der Waals surface area contributed by atoms with E-state index >= 15 is 0 Å². The molecule has 1 aromatic rings. The van der Waals surface area contributed by atoms with Gasteiger partial charge in [-0.15, -0.1) is 0 Å². The average Bonchev–Trinajstić information content (AvgIpc) is 3.01. The van der Waals surface area contributed by atoms with Gasteiger partial charge in [0.25, 0.3) is 0 Å². The fourth-order valence-electron chi connectivity index (χ4n) is 2.71. The van der Waals surface area contributed by atoms with Crippen molar-refractivity contribution in [3.8, 4) is 0 Å². The molecule has 6 nitrogen and oxygen atoms in total. The number of aliphatic hydroxyl groups is 1. The van der Waals surface area contributed by atoms with Crippen LogP contribution in [0.15, 0.2) is 18.5 Å². The largest absolute Gasteiger partial charge is 0.396 e. The lowest BCUT2D eigenvalue weighted by Gasteiger charge is -2.24. The molecule has 6 heteroatoms. The van der Waals surface area contributed by atoms with E-state index < -0.39 is 0 Å². The normalized spacial score (nSPS) is 19.5. The van der Waals surface area contributed by atoms with E-state index in [1.54, 1.807) is 18.5 Å². The second kappa shape index (κ2) is 7.93. The van der Waals surface area contributed by atoms with Gasteiger partial charge in [-0.1, -0.05) is 13.3 Å². The van der Waals surface area contributed by atoms with Crippen molar-refractivity contribution in [1.29, 1.82) is 0 Å². The number of nitrogens with zero attached hydrogens (tertiary/aromatic N) is 3. The molecule has 1 saturated heterocycles. The third kappa shape index (κ3) is 4.14. The molecule has 0 radical (unpaired) electrons. The second-order valence-corrected chi connectivity index (χ2v) is 5.43. The maximum atomic E-state index is 12.4. The Morgan fingerprint density at radius 1 is 1.52 bits per heavy atom. The van der Waals surface area contributed by atoms with Crippen molar-refractivity contribution in [3.63, 3.8) is 0 Å². The molecule has 0 spiro atoms. The molecule has 1 aromatic heterocycles. The molecule has 1 aliphatic rings. The van der Waals surface area contributed by atoms with E-state index in [9.17, 15) is 4.79 Å². The molecule has 21 heavy (non-hydrogen) atoms. The minimum absolute atomic E-state index is 0.0383. The van der Waals surface area contributed by atoms with Gasteiger partial charge in [0.05, 0.1) is 0 Å². The fourth-order valence-corrected chi connectivity index (χ4v) is 2.71. The van der Waals surface area contributed by atoms with Gasteiger partial charge in [0.2, 0.25) is 11.9 Å². The molecule has 1 fully saturated rings. The lowest BCUT2D eigenvalue weighted by molar-refractivity contribution is -0.122. The number of amides is 1. The summed E-state index contributed by atoms with van der Waals surface area (Å²) >= 11 is 0. The van der Waals surface area contributed by atoms with Crippen molar-refractivity contribution in [2.75, 3.05) is 24.6 Å². The van der Waals surface area contributed by atoms with Crippen molar-refractivity contribution < 1.29 is 9.90 Å². The first-order chi connectivity index (χ1) is 10.3. The number of nitrogens with one attached hydrogen (secondary N) is 1. The van der Waals surface area contributed by atoms with Gasteiger partial charge < -0.3 is 15.3 Å². The predicted octanol–water partition coefficient (Wildman–Crippen LogP) is 0.970. The summed E-state index contributed by atoms with van der Waals surface area (Å²) in [6.45, 7) is 3.68. The van der Waals surface area contributed by atoms with Gasteiger partial charge >= 0.3 is 0 Å². The Morgan fingerprint density at radius 2 is 2.29 bits per heavy atom. The molecular formula is C15H24N4O2. The Labute approximate surface area is 125 Å². The fraction of sp³-hybridized carbons (Fsp3) is 0.667. The van der Waals surface area contributed by atoms with Crippen LogP contribution in [-0.4, -0.2) is 46.7 Å². The van der Waals surface area contributed by atoms with E-state index in [0.717, 1.165) is 32.2 Å². The number of aromatic nitrogens is 2. The van der Waals surface area contributed by atoms with Crippen molar-refractivity contribution in [3.05, 3.63) is 18.5 Å². The quantitative estimate of drug-likeness (QED) is 0.783. The lowest BCUT2D eigenvalue weighted by Crippen LogP contribution is -2.45. The Bertz CT molecular complexity index is 441. The van der Waals surface area contributed by atoms with E-state index in [1.165, 1.54) is 0 Å². The van der Waals surface area contributed by atoms with Crippen LogP contribution in [0.2, 0.25) is 0 Å². The number of anilines is 1. The predicted molar refractivity (Wildman–Crippen MR) is 80.9 cm³/mol. The van der Waals surface area contributed by atoms with Crippen LogP contribution in [0.3, 0.4) is 0 Å². The van der Waals surface area contributed by atoms with Crippen LogP contribution in [0.1, 0.15) is 32.6 Å². The van der Waals surface area contributed by atoms with Gasteiger partial charge in [0, 0.05) is 32.1 Å². The highest BCUT2D eigenvalue weighted by molar-refractivity contribution is 5.85. The van der Waals surface area contributed by atoms with Crippen LogP contribution in [0.25, 0.3) is 0 Å². The van der Waals surface area contributed by atoms with Crippen LogP contribution < -0.4 is 10.2 Å². The molecule has 0 aliphatic carbocycles. The standard InChI is InChI=1S/C15H24N4O2/c1-2-12(6-10-20)11-18-14(21)13-5-3-9-19(13)15-16-7-4-8-17-15/h4,7-8,12-13,20H,2-3,5-6,9-11H2,1H3,(H,18,21). The summed E-state index contributed by atoms with van der Waals surface area (Å²) < 4.78 is 0. The minimum Gasteiger partial charge on any atom is -0.396 e. The summed E-state index contributed by atoms with van der Waals surface area (Å²) in [5, 5.41) is 12.0. The zero-order valence-electron chi connectivity index (χ0n) is 12.5. The SMILES string of the molecule is CCC(CCO)CNC(=O)C1CCCN1c1ncccn1. The van der Waals surface area contributed by atoms with Crippen molar-refractivity contribution >= 4 is 11.9 Å². The summed E-state index contributed by atoms with van der Waals surface area (Å²) in [5.41, 5.74) is 0. The molecule has 2 unspecified atom stereocenters. The zero-order chi connectivity index (χ0) is 15.1. The van der Waals surface area contributed by atoms with Gasteiger partial charge in [-0.05, 0) is 31.2 Å². The first-order valence-electron chi connectivity index (χ1n) is 7.68. The summed E-state index contributed by atoms with van der Waals surface area (Å²) in [4.78, 5) is 22.8. The monoisotopic (exact) mass is 292 g/mol. The first kappa shape index (κ1) is 15.7. The van der Waals surface area contributed by atoms with Crippen LogP contribution in [-0.2, 0) is 4.79 Å². The molecule has 1 amide bonds. The maximum absolute atomic E-state index is 12.4. The third-order valence-electron chi connectivity index (χ3n) is 4.04. The number of aliphatic hydroxyl groups excluding tert-OH is 1. The Kier molecular flexibility index (Phi) is 5.92. The van der Waals surface area contributed by atoms with Crippen molar-refractivity contribution in [2.24, 2.45) is 5.92 Å². The Balaban J connectivity index is 1.92. The minimum atomic E-state index is -0.181. The van der Waals surface area contributed by atoms with E-state index in [0.29, 0.717) is 18.4 Å². The summed E-state index contributed by atoms with van der Waals surface area (Å²) in [6, 6.07) is 1.59. The zero-order valence-corrected chi connectivity index (χ0v) is 12.5. The molecule has 0 saturated carbocycles. The maximum Gasteiger partial charge on any atom is 0.242 e. The van der Waals surface area contributed by atoms with E-state index in [-0.39, 0.29) is 18.6 Å². The number of hydrogen-bond donors (Lipinski definition) is 2. The average molecular weight is 292 g/mol. The first-order valence-corrected chi connectivity index (χ1v) is 7.68. The van der Waals surface area contributed by atoms with E-state index in [2.05, 4.69) is 22.2 Å². The van der Waals surface area contributed by atoms with Gasteiger partial charge in [0.1, 0.15) is 6.04 Å². The number of carbonyl (C=O) groups is 1. The summed E-state index contributed by atoms with van der Waals surface area (Å²) in [7, 11) is 0. The molecule has 0 aromatic carbocycles. The van der Waals surface area contributed by atoms with Crippen LogP contribution in [0.5, 0.6) is 0 Å². The second-order valence-electron chi connectivity index (χ2n) is 5.43. The van der Waals surface area contributed by atoms with Gasteiger partial charge in [-0.2, -0.15) is 0 Å². The number of hydrogen-bond acceptors (Lipinski definition) is 5. The smallest absolute Gasteiger partial charge is 0.242 e. The van der Waals surface area contributed by atoms with Crippen molar-refractivity contribution in [1.82, 2.24) is 15.3 Å². The highest BCUT2D eigenvalue weighted by atomic mass is 16.3. The molecule has 2 N–H and O–H groups in total. The van der Waals surface area contributed by atoms with Crippen LogP contribution in [0.4, 0.5) is 5.95 Å². The van der Waals surface area contributed by atoms with E-state index in [4.69, 9.17) is 5.11 Å². The molecule has 2 atom stereocenters. The molecular weight excluding hydrogens is 268 g/mol. The number of carbonyl (C=O) groups excluding carboxylic acids is 1. The van der Waals surface area contributed by atoms with E-state index in [1.807, 2.05) is 4.90 Å². The van der Waals surface area contributed by atoms with Gasteiger partial charge in [0.15, 0.2) is 0 Å². The molecule has 2 heterocycles.